The smallest absolute Gasteiger partial charge is 0.305 e. The van der Waals surface area contributed by atoms with Crippen LogP contribution in [0.15, 0.2) is 30.6 Å². The Morgan fingerprint density at radius 2 is 1.85 bits per heavy atom. The van der Waals surface area contributed by atoms with E-state index in [0.717, 1.165) is 29.8 Å². The number of carboxylic acids is 1. The fourth-order valence-corrected chi connectivity index (χ4v) is 4.25. The largest absolute Gasteiger partial charge is 0.481 e. The number of aromatic nitrogens is 2. The average Bonchev–Trinajstić information content (AvgIpc) is 3.54. The lowest BCUT2D eigenvalue weighted by atomic mass is 9.87. The third kappa shape index (κ3) is 5.26. The fraction of sp³-hybridized carbons (Fsp3) is 0.520. The molecule has 1 saturated carbocycles. The molecule has 1 atom stereocenters. The van der Waals surface area contributed by atoms with E-state index in [2.05, 4.69) is 59.9 Å². The standard InChI is InChI=1S/C25H32N4O4/c1-25(2,3)18-8-4-16(5-9-18)13-28-15-27-19-12-20(23(32)26-11-10-22(30)31)29(14-21(19)28)24(33)17-6-7-17/h4-5,8-9,15,17,20H,6-7,10-14H2,1-3H3,(H,26,32)(H,30,31). The molecule has 8 heteroatoms. The first-order chi connectivity index (χ1) is 15.6. The molecular weight excluding hydrogens is 420 g/mol. The highest BCUT2D eigenvalue weighted by Crippen LogP contribution is 2.34. The fourth-order valence-electron chi connectivity index (χ4n) is 4.25. The quantitative estimate of drug-likeness (QED) is 0.672. The van der Waals surface area contributed by atoms with Gasteiger partial charge >= 0.3 is 5.97 Å². The van der Waals surface area contributed by atoms with Gasteiger partial charge in [0.2, 0.25) is 11.8 Å². The summed E-state index contributed by atoms with van der Waals surface area (Å²) >= 11 is 0. The van der Waals surface area contributed by atoms with Crippen molar-refractivity contribution in [1.29, 1.82) is 0 Å². The zero-order valence-electron chi connectivity index (χ0n) is 19.5. The Balaban J connectivity index is 1.52. The number of carbonyl (C=O) groups is 3. The van der Waals surface area contributed by atoms with Crippen LogP contribution in [-0.2, 0) is 39.3 Å². The van der Waals surface area contributed by atoms with E-state index in [1.54, 1.807) is 11.2 Å². The summed E-state index contributed by atoms with van der Waals surface area (Å²) in [6, 6.07) is 7.90. The molecule has 1 aliphatic carbocycles. The van der Waals surface area contributed by atoms with Crippen LogP contribution in [0.25, 0.3) is 0 Å². The first-order valence-corrected chi connectivity index (χ1v) is 11.6. The van der Waals surface area contributed by atoms with Gasteiger partial charge in [-0.2, -0.15) is 0 Å². The maximum absolute atomic E-state index is 13.0. The van der Waals surface area contributed by atoms with E-state index in [-0.39, 0.29) is 36.1 Å². The summed E-state index contributed by atoms with van der Waals surface area (Å²) in [6.45, 7) is 7.59. The molecule has 2 amide bonds. The minimum atomic E-state index is -0.971. The lowest BCUT2D eigenvalue weighted by Gasteiger charge is -2.35. The molecule has 0 spiro atoms. The number of rotatable bonds is 7. The minimum Gasteiger partial charge on any atom is -0.481 e. The van der Waals surface area contributed by atoms with Crippen LogP contribution in [0, 0.1) is 5.92 Å². The maximum Gasteiger partial charge on any atom is 0.305 e. The third-order valence-electron chi connectivity index (χ3n) is 6.44. The summed E-state index contributed by atoms with van der Waals surface area (Å²) in [5.41, 5.74) is 4.29. The van der Waals surface area contributed by atoms with E-state index < -0.39 is 12.0 Å². The van der Waals surface area contributed by atoms with Crippen LogP contribution >= 0.6 is 0 Å². The monoisotopic (exact) mass is 452 g/mol. The number of carbonyl (C=O) groups excluding carboxylic acids is 2. The molecule has 2 heterocycles. The third-order valence-corrected chi connectivity index (χ3v) is 6.44. The lowest BCUT2D eigenvalue weighted by Crippen LogP contribution is -2.53. The van der Waals surface area contributed by atoms with Gasteiger partial charge in [0.15, 0.2) is 0 Å². The van der Waals surface area contributed by atoms with Crippen molar-refractivity contribution in [2.45, 2.75) is 71.0 Å². The summed E-state index contributed by atoms with van der Waals surface area (Å²) < 4.78 is 2.06. The number of imidazole rings is 1. The van der Waals surface area contributed by atoms with Gasteiger partial charge in [0, 0.05) is 25.4 Å². The first kappa shape index (κ1) is 23.0. The van der Waals surface area contributed by atoms with Gasteiger partial charge in [-0.1, -0.05) is 45.0 Å². The Morgan fingerprint density at radius 1 is 1.15 bits per heavy atom. The zero-order chi connectivity index (χ0) is 23.8. The van der Waals surface area contributed by atoms with Gasteiger partial charge in [0.1, 0.15) is 6.04 Å². The molecule has 1 fully saturated rings. The van der Waals surface area contributed by atoms with Gasteiger partial charge in [0.05, 0.1) is 30.7 Å². The Morgan fingerprint density at radius 3 is 2.45 bits per heavy atom. The highest BCUT2D eigenvalue weighted by atomic mass is 16.4. The van der Waals surface area contributed by atoms with E-state index in [1.165, 1.54) is 5.56 Å². The summed E-state index contributed by atoms with van der Waals surface area (Å²) in [7, 11) is 0. The predicted molar refractivity (Wildman–Crippen MR) is 122 cm³/mol. The normalized spacial score (nSPS) is 18.0. The van der Waals surface area contributed by atoms with Crippen molar-refractivity contribution >= 4 is 17.8 Å². The zero-order valence-corrected chi connectivity index (χ0v) is 19.5. The van der Waals surface area contributed by atoms with Crippen LogP contribution < -0.4 is 5.32 Å². The molecule has 8 nitrogen and oxygen atoms in total. The van der Waals surface area contributed by atoms with Crippen LogP contribution in [0.3, 0.4) is 0 Å². The second-order valence-electron chi connectivity index (χ2n) is 10.1. The van der Waals surface area contributed by atoms with E-state index >= 15 is 0 Å². The Bertz CT molecular complexity index is 1050. The van der Waals surface area contributed by atoms with Crippen molar-refractivity contribution in [1.82, 2.24) is 19.8 Å². The van der Waals surface area contributed by atoms with Crippen molar-refractivity contribution in [3.63, 3.8) is 0 Å². The van der Waals surface area contributed by atoms with E-state index in [0.29, 0.717) is 19.5 Å². The van der Waals surface area contributed by atoms with Crippen molar-refractivity contribution in [3.05, 3.63) is 53.1 Å². The predicted octanol–water partition coefficient (Wildman–Crippen LogP) is 2.48. The second kappa shape index (κ2) is 9.00. The van der Waals surface area contributed by atoms with Crippen LogP contribution in [0.1, 0.15) is 62.5 Å². The van der Waals surface area contributed by atoms with E-state index in [1.807, 2.05) is 0 Å². The van der Waals surface area contributed by atoms with Crippen LogP contribution in [-0.4, -0.2) is 49.9 Å². The molecular formula is C25H32N4O4. The van der Waals surface area contributed by atoms with Gasteiger partial charge in [-0.3, -0.25) is 14.4 Å². The molecule has 2 N–H and O–H groups in total. The Kier molecular flexibility index (Phi) is 6.28. The molecule has 2 aliphatic rings. The first-order valence-electron chi connectivity index (χ1n) is 11.6. The molecule has 33 heavy (non-hydrogen) atoms. The minimum absolute atomic E-state index is 0.00122. The number of carboxylic acid groups (broad SMARTS) is 1. The van der Waals surface area contributed by atoms with Crippen LogP contribution in [0.4, 0.5) is 0 Å². The van der Waals surface area contributed by atoms with Gasteiger partial charge in [-0.15, -0.1) is 0 Å². The molecule has 1 unspecified atom stereocenters. The lowest BCUT2D eigenvalue weighted by molar-refractivity contribution is -0.143. The maximum atomic E-state index is 13.0. The summed E-state index contributed by atoms with van der Waals surface area (Å²) in [4.78, 5) is 42.8. The molecule has 1 aromatic carbocycles. The number of benzene rings is 1. The van der Waals surface area contributed by atoms with E-state index in [9.17, 15) is 14.4 Å². The number of aliphatic carboxylic acids is 1. The number of amides is 2. The van der Waals surface area contributed by atoms with Crippen molar-refractivity contribution in [2.75, 3.05) is 6.54 Å². The van der Waals surface area contributed by atoms with E-state index in [4.69, 9.17) is 5.11 Å². The molecule has 4 rings (SSSR count). The van der Waals surface area contributed by atoms with Crippen LogP contribution in [0.2, 0.25) is 0 Å². The molecule has 0 saturated heterocycles. The Hall–Kier alpha value is -3.16. The number of nitrogens with zero attached hydrogens (tertiary/aromatic N) is 3. The summed E-state index contributed by atoms with van der Waals surface area (Å²) in [6.07, 6.45) is 3.68. The summed E-state index contributed by atoms with van der Waals surface area (Å²) in [5, 5.41) is 11.5. The number of nitrogens with one attached hydrogen (secondary N) is 1. The van der Waals surface area contributed by atoms with Crippen LogP contribution in [0.5, 0.6) is 0 Å². The topological polar surface area (TPSA) is 105 Å². The van der Waals surface area contributed by atoms with Crippen molar-refractivity contribution in [2.24, 2.45) is 5.92 Å². The molecule has 2 aromatic rings. The number of hydrogen-bond acceptors (Lipinski definition) is 4. The van der Waals surface area contributed by atoms with Gasteiger partial charge in [-0.25, -0.2) is 4.98 Å². The average molecular weight is 453 g/mol. The van der Waals surface area contributed by atoms with Crippen molar-refractivity contribution < 1.29 is 19.5 Å². The Labute approximate surface area is 194 Å². The molecule has 0 radical (unpaired) electrons. The molecule has 176 valence electrons. The number of fused-ring (bicyclic) bond motifs is 1. The van der Waals surface area contributed by atoms with Crippen molar-refractivity contribution in [3.8, 4) is 0 Å². The molecule has 1 aromatic heterocycles. The SMILES string of the molecule is CC(C)(C)c1ccc(Cn2cnc3c2CN(C(=O)C2CC2)C(C(=O)NCCC(=O)O)C3)cc1. The highest BCUT2D eigenvalue weighted by molar-refractivity contribution is 5.90. The number of hydrogen-bond donors (Lipinski definition) is 2. The van der Waals surface area contributed by atoms with Gasteiger partial charge in [-0.05, 0) is 29.4 Å². The van der Waals surface area contributed by atoms with Gasteiger partial charge < -0.3 is 19.9 Å². The molecule has 1 aliphatic heterocycles. The van der Waals surface area contributed by atoms with Gasteiger partial charge in [0.25, 0.3) is 0 Å². The summed E-state index contributed by atoms with van der Waals surface area (Å²) in [5.74, 6) is -1.30. The second-order valence-corrected chi connectivity index (χ2v) is 10.1. The molecule has 0 bridgehead atoms. The highest BCUT2D eigenvalue weighted by Gasteiger charge is 2.42.